The minimum atomic E-state index is -5.08. The predicted octanol–water partition coefficient (Wildman–Crippen LogP) is 6.89. The van der Waals surface area contributed by atoms with E-state index in [0.29, 0.717) is 16.6 Å². The molecule has 5 nitrogen and oxygen atoms in total. The number of aliphatic carboxylic acids is 1. The van der Waals surface area contributed by atoms with Crippen molar-refractivity contribution < 1.29 is 27.8 Å². The molecule has 10 heteroatoms. The third-order valence-corrected chi connectivity index (χ3v) is 5.42. The molecule has 0 radical (unpaired) electrons. The Balaban J connectivity index is 0.000000479. The lowest BCUT2D eigenvalue weighted by atomic mass is 10.1. The van der Waals surface area contributed by atoms with Crippen LogP contribution in [0.2, 0.25) is 10.0 Å². The molecule has 0 aliphatic carbocycles. The maximum Gasteiger partial charge on any atom is 0.490 e. The summed E-state index contributed by atoms with van der Waals surface area (Å²) in [4.78, 5) is 13.6. The third-order valence-electron chi connectivity index (χ3n) is 4.71. The summed E-state index contributed by atoms with van der Waals surface area (Å²) in [5.41, 5.74) is 4.05. The van der Waals surface area contributed by atoms with E-state index in [9.17, 15) is 13.2 Å². The summed E-state index contributed by atoms with van der Waals surface area (Å²) in [7, 11) is 1.69. The van der Waals surface area contributed by atoms with Crippen LogP contribution in [0.15, 0.2) is 48.8 Å². The van der Waals surface area contributed by atoms with Gasteiger partial charge in [-0.1, -0.05) is 54.7 Å². The zero-order valence-electron chi connectivity index (χ0n) is 18.0. The number of carbonyl (C=O) groups is 1. The van der Waals surface area contributed by atoms with Crippen molar-refractivity contribution in [2.45, 2.75) is 38.9 Å². The van der Waals surface area contributed by atoms with Crippen molar-refractivity contribution in [2.24, 2.45) is 0 Å². The highest BCUT2D eigenvalue weighted by Gasteiger charge is 2.38. The second-order valence-electron chi connectivity index (χ2n) is 6.97. The van der Waals surface area contributed by atoms with Crippen LogP contribution < -0.4 is 4.74 Å². The minimum absolute atomic E-state index is 0.597. The number of para-hydroxylation sites is 1. The Morgan fingerprint density at radius 2 is 1.73 bits per heavy atom. The zero-order valence-corrected chi connectivity index (χ0v) is 19.5. The number of benzene rings is 2. The number of hydrogen-bond acceptors (Lipinski definition) is 3. The number of carboxylic acid groups (broad SMARTS) is 1. The summed E-state index contributed by atoms with van der Waals surface area (Å²) in [6.07, 6.45) is -0.0775. The standard InChI is InChI=1S/C21H22Cl2N2O.C2HF3O2/c1-3-4-11-19-21(15-8-5-6-12-20(15)26-2)24-14-25(19)13-16-17(22)9-7-10-18(16)23;3-2(4,5)1(6)7/h5-10,12,14H,3-4,11,13H2,1-2H3;(H,6,7). The monoisotopic (exact) mass is 502 g/mol. The molecule has 33 heavy (non-hydrogen) atoms. The highest BCUT2D eigenvalue weighted by molar-refractivity contribution is 6.35. The molecule has 0 unspecified atom stereocenters. The maximum atomic E-state index is 10.6. The summed E-state index contributed by atoms with van der Waals surface area (Å²) in [6, 6.07) is 13.6. The van der Waals surface area contributed by atoms with E-state index >= 15 is 0 Å². The van der Waals surface area contributed by atoms with Gasteiger partial charge in [-0.15, -0.1) is 0 Å². The number of unbranched alkanes of at least 4 members (excludes halogenated alkanes) is 1. The van der Waals surface area contributed by atoms with Crippen LogP contribution in [-0.2, 0) is 17.8 Å². The van der Waals surface area contributed by atoms with Gasteiger partial charge in [0, 0.05) is 26.9 Å². The van der Waals surface area contributed by atoms with Crippen LogP contribution in [0.4, 0.5) is 13.2 Å². The molecule has 0 aliphatic heterocycles. The van der Waals surface area contributed by atoms with Gasteiger partial charge < -0.3 is 14.4 Å². The van der Waals surface area contributed by atoms with Gasteiger partial charge in [0.05, 0.1) is 25.7 Å². The van der Waals surface area contributed by atoms with Crippen LogP contribution in [0.25, 0.3) is 11.3 Å². The Kier molecular flexibility index (Phi) is 9.61. The van der Waals surface area contributed by atoms with Gasteiger partial charge in [0.25, 0.3) is 0 Å². The van der Waals surface area contributed by atoms with E-state index in [-0.39, 0.29) is 0 Å². The number of aromatic nitrogens is 2. The predicted molar refractivity (Wildman–Crippen MR) is 122 cm³/mol. The van der Waals surface area contributed by atoms with Gasteiger partial charge in [0.1, 0.15) is 5.75 Å². The number of methoxy groups -OCH3 is 1. The van der Waals surface area contributed by atoms with Gasteiger partial charge in [-0.05, 0) is 37.1 Å². The summed E-state index contributed by atoms with van der Waals surface area (Å²) in [6.45, 7) is 2.79. The molecule has 0 saturated carbocycles. The maximum absolute atomic E-state index is 10.6. The Morgan fingerprint density at radius 1 is 1.12 bits per heavy atom. The number of rotatable bonds is 7. The first kappa shape index (κ1) is 26.5. The summed E-state index contributed by atoms with van der Waals surface area (Å²) >= 11 is 12.7. The molecule has 2 aromatic carbocycles. The van der Waals surface area contributed by atoms with E-state index in [2.05, 4.69) is 11.5 Å². The number of alkyl halides is 3. The highest BCUT2D eigenvalue weighted by atomic mass is 35.5. The first-order chi connectivity index (χ1) is 15.6. The lowest BCUT2D eigenvalue weighted by Gasteiger charge is -2.13. The average Bonchev–Trinajstić information content (AvgIpc) is 3.16. The normalized spacial score (nSPS) is 11.0. The molecule has 1 N–H and O–H groups in total. The molecule has 0 aliphatic rings. The van der Waals surface area contributed by atoms with Crippen molar-refractivity contribution in [3.63, 3.8) is 0 Å². The Hall–Kier alpha value is -2.71. The molecule has 0 atom stereocenters. The van der Waals surface area contributed by atoms with Gasteiger partial charge in [0.2, 0.25) is 0 Å². The number of hydrogen-bond donors (Lipinski definition) is 1. The van der Waals surface area contributed by atoms with E-state index in [1.807, 2.05) is 48.8 Å². The van der Waals surface area contributed by atoms with Crippen molar-refractivity contribution in [3.8, 4) is 17.0 Å². The molecule has 0 fully saturated rings. The van der Waals surface area contributed by atoms with Crippen LogP contribution in [0.1, 0.15) is 31.0 Å². The molecule has 0 amide bonds. The molecule has 3 aromatic rings. The quantitative estimate of drug-likeness (QED) is 0.382. The van der Waals surface area contributed by atoms with Crippen molar-refractivity contribution in [3.05, 3.63) is 70.1 Å². The van der Waals surface area contributed by atoms with Crippen molar-refractivity contribution in [2.75, 3.05) is 7.11 Å². The fraction of sp³-hybridized carbons (Fsp3) is 0.304. The van der Waals surface area contributed by atoms with Crippen LogP contribution in [0.5, 0.6) is 5.75 Å². The van der Waals surface area contributed by atoms with Gasteiger partial charge in [-0.2, -0.15) is 13.2 Å². The van der Waals surface area contributed by atoms with Gasteiger partial charge >= 0.3 is 12.1 Å². The summed E-state index contributed by atoms with van der Waals surface area (Å²) in [5, 5.41) is 8.47. The number of nitrogens with zero attached hydrogens (tertiary/aromatic N) is 2. The first-order valence-electron chi connectivity index (χ1n) is 10.0. The van der Waals surface area contributed by atoms with Gasteiger partial charge in [-0.3, -0.25) is 0 Å². The Labute approximate surface area is 199 Å². The second-order valence-corrected chi connectivity index (χ2v) is 7.79. The fourth-order valence-corrected chi connectivity index (χ4v) is 3.59. The lowest BCUT2D eigenvalue weighted by Crippen LogP contribution is -2.21. The fourth-order valence-electron chi connectivity index (χ4n) is 3.07. The van der Waals surface area contributed by atoms with Crippen molar-refractivity contribution >= 4 is 29.2 Å². The van der Waals surface area contributed by atoms with Gasteiger partial charge in [0.15, 0.2) is 0 Å². The number of carboxylic acids is 1. The molecule has 0 saturated heterocycles. The molecule has 0 spiro atoms. The first-order valence-corrected chi connectivity index (χ1v) is 10.8. The topological polar surface area (TPSA) is 64.4 Å². The van der Waals surface area contributed by atoms with Crippen LogP contribution in [0, 0.1) is 0 Å². The Bertz CT molecular complexity index is 1060. The second kappa shape index (κ2) is 12.0. The number of imidazole rings is 1. The van der Waals surface area contributed by atoms with E-state index in [1.165, 1.54) is 5.69 Å². The molecule has 1 aromatic heterocycles. The summed E-state index contributed by atoms with van der Waals surface area (Å²) in [5.74, 6) is -1.93. The molecule has 0 bridgehead atoms. The van der Waals surface area contributed by atoms with Crippen molar-refractivity contribution in [1.82, 2.24) is 9.55 Å². The van der Waals surface area contributed by atoms with Crippen LogP contribution >= 0.6 is 23.2 Å². The molecular formula is C23H23Cl2F3N2O3. The average molecular weight is 503 g/mol. The summed E-state index contributed by atoms with van der Waals surface area (Å²) < 4.78 is 39.4. The van der Waals surface area contributed by atoms with Crippen LogP contribution in [0.3, 0.4) is 0 Å². The smallest absolute Gasteiger partial charge is 0.490 e. The largest absolute Gasteiger partial charge is 0.496 e. The van der Waals surface area contributed by atoms with Crippen LogP contribution in [-0.4, -0.2) is 33.9 Å². The molecule has 3 rings (SSSR count). The highest BCUT2D eigenvalue weighted by Crippen LogP contribution is 2.33. The molecular weight excluding hydrogens is 480 g/mol. The van der Waals surface area contributed by atoms with E-state index in [0.717, 1.165) is 41.8 Å². The molecule has 178 valence electrons. The van der Waals surface area contributed by atoms with E-state index < -0.39 is 12.1 Å². The van der Waals surface area contributed by atoms with E-state index in [4.69, 9.17) is 42.8 Å². The SMILES string of the molecule is CCCCc1c(-c2ccccc2OC)ncn1Cc1c(Cl)cccc1Cl.O=C(O)C(F)(F)F. The van der Waals surface area contributed by atoms with Gasteiger partial charge in [-0.25, -0.2) is 9.78 Å². The third kappa shape index (κ3) is 7.14. The lowest BCUT2D eigenvalue weighted by molar-refractivity contribution is -0.192. The number of halogens is 5. The Morgan fingerprint density at radius 3 is 2.27 bits per heavy atom. The molecule has 1 heterocycles. The van der Waals surface area contributed by atoms with E-state index in [1.54, 1.807) is 7.11 Å². The minimum Gasteiger partial charge on any atom is -0.496 e. The number of ether oxygens (including phenoxy) is 1. The van der Waals surface area contributed by atoms with Crippen molar-refractivity contribution in [1.29, 1.82) is 0 Å². The zero-order chi connectivity index (χ0) is 24.6.